The molecule has 0 atom stereocenters. The maximum atomic E-state index is 13.5. The van der Waals surface area contributed by atoms with Gasteiger partial charge in [0.15, 0.2) is 0 Å². The van der Waals surface area contributed by atoms with Crippen molar-refractivity contribution in [1.29, 1.82) is 5.26 Å². The van der Waals surface area contributed by atoms with Crippen molar-refractivity contribution in [3.05, 3.63) is 31.9 Å². The molecule has 9 nitrogen and oxygen atoms in total. The fourth-order valence-corrected chi connectivity index (χ4v) is 6.18. The lowest BCUT2D eigenvalue weighted by Crippen LogP contribution is -2.41. The van der Waals surface area contributed by atoms with Gasteiger partial charge in [-0.1, -0.05) is 37.3 Å². The molecule has 0 bridgehead atoms. The first-order valence-corrected chi connectivity index (χ1v) is 14.9. The molecule has 1 aromatic heterocycles. The van der Waals surface area contributed by atoms with Crippen molar-refractivity contribution in [2.75, 3.05) is 44.4 Å². The molecule has 0 aromatic carbocycles. The van der Waals surface area contributed by atoms with Gasteiger partial charge in [0, 0.05) is 45.0 Å². The number of anilines is 1. The first kappa shape index (κ1) is 30.9. The van der Waals surface area contributed by atoms with Gasteiger partial charge >= 0.3 is 5.97 Å². The van der Waals surface area contributed by atoms with Gasteiger partial charge in [-0.3, -0.25) is 23.9 Å². The second-order valence-electron chi connectivity index (χ2n) is 9.56. The summed E-state index contributed by atoms with van der Waals surface area (Å²) in [5, 5.41) is 9.90. The van der Waals surface area contributed by atoms with Gasteiger partial charge in [0.1, 0.15) is 21.8 Å². The molecule has 0 spiro atoms. The molecule has 2 aliphatic heterocycles. The fourth-order valence-electron chi connectivity index (χ4n) is 4.89. The summed E-state index contributed by atoms with van der Waals surface area (Å²) >= 11 is 6.75. The van der Waals surface area contributed by atoms with Crippen LogP contribution < -0.4 is 10.5 Å². The van der Waals surface area contributed by atoms with E-state index in [9.17, 15) is 19.6 Å². The molecule has 3 heterocycles. The number of amides is 1. The number of thioether (sulfide) groups is 1. The second kappa shape index (κ2) is 14.6. The number of carbonyl (C=O) groups is 2. The van der Waals surface area contributed by atoms with E-state index in [4.69, 9.17) is 21.7 Å². The Labute approximate surface area is 240 Å². The molecule has 0 radical (unpaired) electrons. The lowest BCUT2D eigenvalue weighted by Gasteiger charge is -2.35. The van der Waals surface area contributed by atoms with Crippen LogP contribution in [-0.2, 0) is 25.6 Å². The minimum Gasteiger partial charge on any atom is -0.466 e. The number of thiocarbonyl (C=S) groups is 1. The molecule has 0 aliphatic carbocycles. The maximum absolute atomic E-state index is 13.5. The van der Waals surface area contributed by atoms with Crippen LogP contribution in [0, 0.1) is 24.2 Å². The summed E-state index contributed by atoms with van der Waals surface area (Å²) in [5.41, 5.74) is 0.965. The molecule has 3 rings (SSSR count). The zero-order chi connectivity index (χ0) is 28.5. The number of carbonyl (C=O) groups excluding carboxylic acids is 2. The van der Waals surface area contributed by atoms with Crippen LogP contribution in [0.1, 0.15) is 69.6 Å². The van der Waals surface area contributed by atoms with Crippen LogP contribution >= 0.6 is 24.0 Å². The molecule has 0 unspecified atom stereocenters. The van der Waals surface area contributed by atoms with E-state index in [1.165, 1.54) is 11.8 Å². The summed E-state index contributed by atoms with van der Waals surface area (Å²) in [7, 11) is 0. The molecule has 2 aliphatic rings. The highest BCUT2D eigenvalue weighted by Gasteiger charge is 2.34. The third kappa shape index (κ3) is 7.10. The molecular formula is C28H38N4O5S2. The van der Waals surface area contributed by atoms with Crippen LogP contribution in [0.2, 0.25) is 0 Å². The minimum atomic E-state index is -0.327. The van der Waals surface area contributed by atoms with E-state index in [1.807, 2.05) is 13.8 Å². The normalized spacial score (nSPS) is 17.3. The topological polar surface area (TPSA) is 105 Å². The number of ether oxygens (including phenoxy) is 2. The van der Waals surface area contributed by atoms with Crippen molar-refractivity contribution in [2.45, 2.75) is 66.3 Å². The Morgan fingerprint density at radius 1 is 1.15 bits per heavy atom. The lowest BCUT2D eigenvalue weighted by atomic mass is 9.95. The summed E-state index contributed by atoms with van der Waals surface area (Å²) in [4.78, 5) is 43.3. The molecule has 0 saturated carbocycles. The summed E-state index contributed by atoms with van der Waals surface area (Å²) in [5.74, 6) is 0.129. The van der Waals surface area contributed by atoms with E-state index in [0.717, 1.165) is 12.8 Å². The number of aromatic nitrogens is 1. The van der Waals surface area contributed by atoms with Gasteiger partial charge in [-0.15, -0.1) is 0 Å². The maximum Gasteiger partial charge on any atom is 0.309 e. The van der Waals surface area contributed by atoms with Gasteiger partial charge in [0.25, 0.3) is 11.5 Å². The number of unbranched alkanes of at least 4 members (excludes halogenated alkanes) is 1. The molecular weight excluding hydrogens is 536 g/mol. The number of rotatable bonds is 12. The standard InChI is InChI=1S/C28H38N4O5S2/c1-5-8-12-31-24(30-14-10-20(11-15-30)27(35)37-7-3)21(19(4)22(18-29)25(31)33)17-23-26(34)32(28(38)39-23)13-9-16-36-6-2/h17,20H,5-16H2,1-4H3/b23-17+. The average molecular weight is 575 g/mol. The number of hydrogen-bond acceptors (Lipinski definition) is 9. The highest BCUT2D eigenvalue weighted by atomic mass is 32.2. The van der Waals surface area contributed by atoms with Gasteiger partial charge in [0.05, 0.1) is 17.4 Å². The van der Waals surface area contributed by atoms with Crippen LogP contribution in [0.5, 0.6) is 0 Å². The van der Waals surface area contributed by atoms with E-state index in [0.29, 0.717) is 91.4 Å². The molecule has 1 aromatic rings. The Hall–Kier alpha value is -2.68. The molecule has 39 heavy (non-hydrogen) atoms. The number of esters is 1. The first-order valence-electron chi connectivity index (χ1n) is 13.7. The Balaban J connectivity index is 2.05. The predicted molar refractivity (Wildman–Crippen MR) is 158 cm³/mol. The van der Waals surface area contributed by atoms with Crippen LogP contribution in [0.3, 0.4) is 0 Å². The van der Waals surface area contributed by atoms with Crippen LogP contribution in [0.15, 0.2) is 9.70 Å². The van der Waals surface area contributed by atoms with Crippen molar-refractivity contribution < 1.29 is 19.1 Å². The van der Waals surface area contributed by atoms with E-state index >= 15 is 0 Å². The summed E-state index contributed by atoms with van der Waals surface area (Å²) < 4.78 is 12.8. The third-order valence-electron chi connectivity index (χ3n) is 7.02. The summed E-state index contributed by atoms with van der Waals surface area (Å²) in [6.45, 7) is 11.1. The molecule has 0 N–H and O–H groups in total. The SMILES string of the molecule is CCCCn1c(N2CCC(C(=O)OCC)CC2)c(/C=C2/SC(=S)N(CCCOCC)C2=O)c(C)c(C#N)c1=O. The number of pyridine rings is 1. The highest BCUT2D eigenvalue weighted by Crippen LogP contribution is 2.37. The Morgan fingerprint density at radius 3 is 2.49 bits per heavy atom. The number of nitriles is 1. The molecule has 1 amide bonds. The van der Waals surface area contributed by atoms with Crippen molar-refractivity contribution in [1.82, 2.24) is 9.47 Å². The predicted octanol–water partition coefficient (Wildman–Crippen LogP) is 4.24. The molecule has 2 saturated heterocycles. The largest absolute Gasteiger partial charge is 0.466 e. The molecule has 2 fully saturated rings. The molecule has 11 heteroatoms. The van der Waals surface area contributed by atoms with Crippen molar-refractivity contribution in [2.24, 2.45) is 5.92 Å². The average Bonchev–Trinajstić information content (AvgIpc) is 3.19. The van der Waals surface area contributed by atoms with Crippen molar-refractivity contribution >= 4 is 52.1 Å². The van der Waals surface area contributed by atoms with Gasteiger partial charge in [-0.25, -0.2) is 0 Å². The van der Waals surface area contributed by atoms with Gasteiger partial charge in [-0.05, 0) is 58.1 Å². The van der Waals surface area contributed by atoms with Gasteiger partial charge in [-0.2, -0.15) is 5.26 Å². The second-order valence-corrected chi connectivity index (χ2v) is 11.2. The van der Waals surface area contributed by atoms with Crippen molar-refractivity contribution in [3.8, 4) is 6.07 Å². The van der Waals surface area contributed by atoms with Crippen molar-refractivity contribution in [3.63, 3.8) is 0 Å². The first-order chi connectivity index (χ1) is 18.8. The number of nitrogens with zero attached hydrogens (tertiary/aromatic N) is 4. The Bertz CT molecular complexity index is 1210. The molecule has 212 valence electrons. The van der Waals surface area contributed by atoms with Gasteiger partial charge < -0.3 is 14.4 Å². The number of piperidine rings is 1. The van der Waals surface area contributed by atoms with E-state index in [1.54, 1.807) is 29.4 Å². The summed E-state index contributed by atoms with van der Waals surface area (Å²) in [6.07, 6.45) is 5.30. The third-order valence-corrected chi connectivity index (χ3v) is 8.40. The van der Waals surface area contributed by atoms with E-state index in [2.05, 4.69) is 11.0 Å². The smallest absolute Gasteiger partial charge is 0.309 e. The van der Waals surface area contributed by atoms with Crippen LogP contribution in [0.25, 0.3) is 6.08 Å². The quantitative estimate of drug-likeness (QED) is 0.157. The van der Waals surface area contributed by atoms with E-state index < -0.39 is 0 Å². The monoisotopic (exact) mass is 574 g/mol. The van der Waals surface area contributed by atoms with Crippen LogP contribution in [-0.4, -0.2) is 65.1 Å². The Kier molecular flexibility index (Phi) is 11.6. The van der Waals surface area contributed by atoms with Gasteiger partial charge in [0.2, 0.25) is 0 Å². The fraction of sp³-hybridized carbons (Fsp3) is 0.607. The highest BCUT2D eigenvalue weighted by molar-refractivity contribution is 8.26. The minimum absolute atomic E-state index is 0.0784. The zero-order valence-corrected chi connectivity index (χ0v) is 24.9. The Morgan fingerprint density at radius 2 is 1.87 bits per heavy atom. The van der Waals surface area contributed by atoms with E-state index in [-0.39, 0.29) is 28.9 Å². The van der Waals surface area contributed by atoms with Crippen LogP contribution in [0.4, 0.5) is 5.82 Å². The zero-order valence-electron chi connectivity index (χ0n) is 23.3. The number of hydrogen-bond donors (Lipinski definition) is 0. The summed E-state index contributed by atoms with van der Waals surface area (Å²) in [6, 6.07) is 2.10. The lowest BCUT2D eigenvalue weighted by molar-refractivity contribution is -0.148.